The van der Waals surface area contributed by atoms with Gasteiger partial charge in [0.05, 0.1) is 17.2 Å². The number of carbonyl (C=O) groups is 2. The number of nitrogens with zero attached hydrogens (tertiary/aromatic N) is 2. The monoisotopic (exact) mass is 297 g/mol. The summed E-state index contributed by atoms with van der Waals surface area (Å²) in [6.07, 6.45) is 0. The molecule has 100 valence electrons. The van der Waals surface area contributed by atoms with Crippen LogP contribution in [0.4, 0.5) is 0 Å². The molecule has 0 fully saturated rings. The Bertz CT molecular complexity index is 620. The van der Waals surface area contributed by atoms with Gasteiger partial charge in [0.25, 0.3) is 5.91 Å². The standard InChI is InChI=1S/C11H11N3O3S2/c1-5-8(19-4-12-5)9(15)13-6(2)10-14-7(3-18-10)11(16)17/h3-4,6H,1-2H3,(H,13,15)(H,16,17). The van der Waals surface area contributed by atoms with Crippen molar-refractivity contribution in [3.8, 4) is 0 Å². The molecule has 0 aromatic carbocycles. The number of aromatic nitrogens is 2. The van der Waals surface area contributed by atoms with E-state index in [2.05, 4.69) is 15.3 Å². The third kappa shape index (κ3) is 2.96. The number of carboxylic acids is 1. The summed E-state index contributed by atoms with van der Waals surface area (Å²) in [7, 11) is 0. The van der Waals surface area contributed by atoms with Crippen LogP contribution < -0.4 is 5.32 Å². The molecule has 1 amide bonds. The minimum Gasteiger partial charge on any atom is -0.476 e. The van der Waals surface area contributed by atoms with E-state index < -0.39 is 5.97 Å². The van der Waals surface area contributed by atoms with Gasteiger partial charge in [-0.2, -0.15) is 0 Å². The molecule has 6 nitrogen and oxygen atoms in total. The lowest BCUT2D eigenvalue weighted by Crippen LogP contribution is -2.26. The first kappa shape index (κ1) is 13.6. The van der Waals surface area contributed by atoms with Gasteiger partial charge in [-0.25, -0.2) is 14.8 Å². The van der Waals surface area contributed by atoms with Crippen molar-refractivity contribution in [1.82, 2.24) is 15.3 Å². The third-order valence-electron chi connectivity index (χ3n) is 2.41. The van der Waals surface area contributed by atoms with Crippen LogP contribution in [0.3, 0.4) is 0 Å². The molecule has 2 heterocycles. The molecule has 0 bridgehead atoms. The summed E-state index contributed by atoms with van der Waals surface area (Å²) in [5.41, 5.74) is 2.29. The lowest BCUT2D eigenvalue weighted by Gasteiger charge is -2.10. The second-order valence-electron chi connectivity index (χ2n) is 3.84. The van der Waals surface area contributed by atoms with Gasteiger partial charge < -0.3 is 10.4 Å². The second kappa shape index (κ2) is 5.45. The van der Waals surface area contributed by atoms with Crippen LogP contribution >= 0.6 is 22.7 Å². The van der Waals surface area contributed by atoms with E-state index >= 15 is 0 Å². The highest BCUT2D eigenvalue weighted by atomic mass is 32.1. The molecule has 2 aromatic heterocycles. The van der Waals surface area contributed by atoms with Crippen molar-refractivity contribution >= 4 is 34.6 Å². The van der Waals surface area contributed by atoms with Crippen LogP contribution in [0.5, 0.6) is 0 Å². The van der Waals surface area contributed by atoms with Crippen LogP contribution in [-0.2, 0) is 0 Å². The first-order valence-corrected chi connectivity index (χ1v) is 7.14. The Morgan fingerprint density at radius 2 is 2.16 bits per heavy atom. The molecule has 2 N–H and O–H groups in total. The number of thiazole rings is 2. The van der Waals surface area contributed by atoms with Crippen molar-refractivity contribution in [2.45, 2.75) is 19.9 Å². The number of rotatable bonds is 4. The summed E-state index contributed by atoms with van der Waals surface area (Å²) in [6, 6.07) is -0.341. The first-order chi connectivity index (χ1) is 8.99. The largest absolute Gasteiger partial charge is 0.476 e. The van der Waals surface area contributed by atoms with Crippen molar-refractivity contribution in [1.29, 1.82) is 0 Å². The summed E-state index contributed by atoms with van der Waals surface area (Å²) >= 11 is 2.48. The Balaban J connectivity index is 2.08. The molecule has 1 unspecified atom stereocenters. The SMILES string of the molecule is Cc1ncsc1C(=O)NC(C)c1nc(C(=O)O)cs1. The van der Waals surface area contributed by atoms with Gasteiger partial charge in [0.2, 0.25) is 0 Å². The Morgan fingerprint density at radius 3 is 2.68 bits per heavy atom. The molecule has 2 rings (SSSR count). The van der Waals surface area contributed by atoms with Crippen LogP contribution in [-0.4, -0.2) is 27.0 Å². The number of aromatic carboxylic acids is 1. The molecular formula is C11H11N3O3S2. The van der Waals surface area contributed by atoms with Crippen molar-refractivity contribution in [3.63, 3.8) is 0 Å². The predicted octanol–water partition coefficient (Wildman–Crippen LogP) is 2.10. The Labute approximate surface area is 117 Å². The topological polar surface area (TPSA) is 92.2 Å². The van der Waals surface area contributed by atoms with Crippen molar-refractivity contribution in [2.75, 3.05) is 0 Å². The Hall–Kier alpha value is -1.80. The number of carboxylic acid groups (broad SMARTS) is 1. The molecule has 2 aromatic rings. The maximum absolute atomic E-state index is 12.0. The summed E-state index contributed by atoms with van der Waals surface area (Å²) in [6.45, 7) is 3.53. The molecule has 0 aliphatic rings. The zero-order chi connectivity index (χ0) is 14.0. The average molecular weight is 297 g/mol. The maximum atomic E-state index is 12.0. The zero-order valence-electron chi connectivity index (χ0n) is 10.2. The van der Waals surface area contributed by atoms with Crippen LogP contribution in [0.1, 0.15) is 43.8 Å². The fraction of sp³-hybridized carbons (Fsp3) is 0.273. The van der Waals surface area contributed by atoms with Gasteiger partial charge in [0, 0.05) is 5.38 Å². The smallest absolute Gasteiger partial charge is 0.355 e. The predicted molar refractivity (Wildman–Crippen MR) is 71.8 cm³/mol. The van der Waals surface area contributed by atoms with Gasteiger partial charge >= 0.3 is 5.97 Å². The minimum atomic E-state index is -1.07. The summed E-state index contributed by atoms with van der Waals surface area (Å²) in [4.78, 5) is 31.2. The van der Waals surface area contributed by atoms with Crippen molar-refractivity contribution in [2.24, 2.45) is 0 Å². The number of nitrogens with one attached hydrogen (secondary N) is 1. The van der Waals surface area contributed by atoms with Gasteiger partial charge in [-0.05, 0) is 13.8 Å². The summed E-state index contributed by atoms with van der Waals surface area (Å²) in [5.74, 6) is -1.29. The van der Waals surface area contributed by atoms with Crippen LogP contribution in [0.15, 0.2) is 10.9 Å². The molecule has 0 saturated heterocycles. The van der Waals surface area contributed by atoms with E-state index in [9.17, 15) is 9.59 Å². The van der Waals surface area contributed by atoms with E-state index in [1.165, 1.54) is 28.1 Å². The van der Waals surface area contributed by atoms with Gasteiger partial charge in [-0.15, -0.1) is 22.7 Å². The lowest BCUT2D eigenvalue weighted by atomic mass is 10.3. The first-order valence-electron chi connectivity index (χ1n) is 5.38. The number of aryl methyl sites for hydroxylation is 1. The van der Waals surface area contributed by atoms with Gasteiger partial charge in [-0.3, -0.25) is 4.79 Å². The van der Waals surface area contributed by atoms with Crippen LogP contribution in [0.25, 0.3) is 0 Å². The lowest BCUT2D eigenvalue weighted by molar-refractivity contribution is 0.0691. The molecular weight excluding hydrogens is 286 g/mol. The highest BCUT2D eigenvalue weighted by Gasteiger charge is 2.18. The normalized spacial score (nSPS) is 12.1. The number of hydrogen-bond donors (Lipinski definition) is 2. The van der Waals surface area contributed by atoms with E-state index in [0.717, 1.165) is 0 Å². The van der Waals surface area contributed by atoms with Gasteiger partial charge in [0.1, 0.15) is 9.88 Å². The molecule has 0 spiro atoms. The van der Waals surface area contributed by atoms with Gasteiger partial charge in [-0.1, -0.05) is 0 Å². The molecule has 19 heavy (non-hydrogen) atoms. The quantitative estimate of drug-likeness (QED) is 0.901. The molecule has 0 aliphatic heterocycles. The molecule has 0 saturated carbocycles. The van der Waals surface area contributed by atoms with Crippen molar-refractivity contribution < 1.29 is 14.7 Å². The minimum absolute atomic E-state index is 0.00456. The van der Waals surface area contributed by atoms with E-state index in [0.29, 0.717) is 15.6 Å². The molecule has 0 radical (unpaired) electrons. The van der Waals surface area contributed by atoms with E-state index in [-0.39, 0.29) is 17.6 Å². The zero-order valence-corrected chi connectivity index (χ0v) is 11.8. The summed E-state index contributed by atoms with van der Waals surface area (Å²) in [5, 5.41) is 13.6. The Kier molecular flexibility index (Phi) is 3.91. The third-order valence-corrected chi connectivity index (χ3v) is 4.37. The Morgan fingerprint density at radius 1 is 1.42 bits per heavy atom. The number of hydrogen-bond acceptors (Lipinski definition) is 6. The van der Waals surface area contributed by atoms with E-state index in [1.807, 2.05) is 0 Å². The fourth-order valence-corrected chi connectivity index (χ4v) is 2.93. The van der Waals surface area contributed by atoms with E-state index in [1.54, 1.807) is 19.4 Å². The van der Waals surface area contributed by atoms with Crippen LogP contribution in [0, 0.1) is 6.92 Å². The fourth-order valence-electron chi connectivity index (χ4n) is 1.43. The molecule has 1 atom stereocenters. The molecule has 8 heteroatoms. The maximum Gasteiger partial charge on any atom is 0.355 e. The number of carbonyl (C=O) groups excluding carboxylic acids is 1. The van der Waals surface area contributed by atoms with Crippen molar-refractivity contribution in [3.05, 3.63) is 32.2 Å². The number of amides is 1. The highest BCUT2D eigenvalue weighted by Crippen LogP contribution is 2.19. The highest BCUT2D eigenvalue weighted by molar-refractivity contribution is 7.12. The molecule has 0 aliphatic carbocycles. The average Bonchev–Trinajstić information content (AvgIpc) is 2.96. The van der Waals surface area contributed by atoms with E-state index in [4.69, 9.17) is 5.11 Å². The summed E-state index contributed by atoms with van der Waals surface area (Å²) < 4.78 is 0. The van der Waals surface area contributed by atoms with Crippen LogP contribution in [0.2, 0.25) is 0 Å². The second-order valence-corrected chi connectivity index (χ2v) is 5.58. The van der Waals surface area contributed by atoms with Gasteiger partial charge in [0.15, 0.2) is 5.69 Å².